The molecule has 116 valence electrons. The predicted octanol–water partition coefficient (Wildman–Crippen LogP) is 4.64. The third-order valence-electron chi connectivity index (χ3n) is 3.37. The van der Waals surface area contributed by atoms with Crippen molar-refractivity contribution in [1.82, 2.24) is 0 Å². The Morgan fingerprint density at radius 2 is 2.09 bits per heavy atom. The number of carbonyl (C=O) groups excluding carboxylic acids is 1. The van der Waals surface area contributed by atoms with Gasteiger partial charge in [0.15, 0.2) is 6.21 Å². The van der Waals surface area contributed by atoms with Crippen molar-refractivity contribution in [2.45, 2.75) is 13.8 Å². The van der Waals surface area contributed by atoms with Gasteiger partial charge in [-0.25, -0.2) is 4.79 Å². The minimum absolute atomic E-state index is 0.562. The van der Waals surface area contributed by atoms with E-state index in [2.05, 4.69) is 5.32 Å². The number of aryl methyl sites for hydroxylation is 1. The Kier molecular flexibility index (Phi) is 4.10. The van der Waals surface area contributed by atoms with Crippen LogP contribution >= 0.6 is 0 Å². The van der Waals surface area contributed by atoms with Gasteiger partial charge in [-0.15, -0.1) is 0 Å². The topological polar surface area (TPSA) is 54.5 Å². The monoisotopic (exact) mass is 309 g/mol. The van der Waals surface area contributed by atoms with E-state index in [-0.39, 0.29) is 0 Å². The van der Waals surface area contributed by atoms with Crippen LogP contribution in [-0.2, 0) is 4.84 Å². The average Bonchev–Trinajstić information content (AvgIpc) is 3.00. The maximum atomic E-state index is 12.1. The van der Waals surface area contributed by atoms with Gasteiger partial charge in [0.05, 0.1) is 12.3 Å². The molecule has 0 radical (unpaired) electrons. The molecule has 3 rings (SSSR count). The van der Waals surface area contributed by atoms with Crippen LogP contribution in [0.15, 0.2) is 59.2 Å². The van der Waals surface area contributed by atoms with E-state index >= 15 is 0 Å². The number of nitrogens with one attached hydrogen (secondary N) is 1. The van der Waals surface area contributed by atoms with E-state index in [0.717, 1.165) is 16.5 Å². The zero-order valence-electron chi connectivity index (χ0n) is 12.9. The van der Waals surface area contributed by atoms with Crippen LogP contribution in [0.5, 0.6) is 0 Å². The van der Waals surface area contributed by atoms with E-state index in [4.69, 9.17) is 9.25 Å². The highest BCUT2D eigenvalue weighted by molar-refractivity contribution is 5.84. The molecular formula is C18H17N2O3+. The number of rotatable bonds is 3. The Morgan fingerprint density at radius 3 is 2.87 bits per heavy atom. The van der Waals surface area contributed by atoms with Crippen LogP contribution < -0.4 is 5.32 Å². The second-order valence-electron chi connectivity index (χ2n) is 5.10. The number of carbonyl (C=O) groups is 1. The van der Waals surface area contributed by atoms with Gasteiger partial charge in [-0.05, 0) is 36.8 Å². The number of hydrogen-bond acceptors (Lipinski definition) is 3. The molecule has 5 heteroatoms. The molecule has 0 saturated carbocycles. The van der Waals surface area contributed by atoms with Crippen LogP contribution in [0.1, 0.15) is 12.5 Å². The fourth-order valence-corrected chi connectivity index (χ4v) is 2.29. The van der Waals surface area contributed by atoms with Gasteiger partial charge < -0.3 is 4.42 Å². The molecule has 0 spiro atoms. The van der Waals surface area contributed by atoms with Crippen LogP contribution in [0.4, 0.5) is 16.2 Å². The van der Waals surface area contributed by atoms with E-state index in [9.17, 15) is 4.79 Å². The maximum absolute atomic E-state index is 12.1. The fourth-order valence-electron chi connectivity index (χ4n) is 2.29. The summed E-state index contributed by atoms with van der Waals surface area (Å²) in [5.74, 6) is 0. The van der Waals surface area contributed by atoms with Gasteiger partial charge in [-0.2, -0.15) is 4.84 Å². The molecule has 1 amide bonds. The molecule has 0 fully saturated rings. The van der Waals surface area contributed by atoms with Crippen molar-refractivity contribution < 1.29 is 18.8 Å². The minimum atomic E-state index is -0.562. The van der Waals surface area contributed by atoms with Crippen molar-refractivity contribution in [3.8, 4) is 0 Å². The summed E-state index contributed by atoms with van der Waals surface area (Å²) in [6.07, 6.45) is 2.73. The van der Waals surface area contributed by atoms with Gasteiger partial charge >= 0.3 is 6.09 Å². The zero-order valence-corrected chi connectivity index (χ0v) is 12.9. The van der Waals surface area contributed by atoms with Crippen molar-refractivity contribution in [3.05, 3.63) is 60.4 Å². The Balaban J connectivity index is 1.75. The number of hydrogen-bond donors (Lipinski definition) is 1. The summed E-state index contributed by atoms with van der Waals surface area (Å²) in [5, 5.41) is 3.70. The van der Waals surface area contributed by atoms with Gasteiger partial charge in [0.25, 0.3) is 5.69 Å². The first-order valence-electron chi connectivity index (χ1n) is 7.27. The third kappa shape index (κ3) is 3.40. The number of furan rings is 1. The summed E-state index contributed by atoms with van der Waals surface area (Å²) in [5.41, 5.74) is 3.18. The molecule has 0 aliphatic carbocycles. The number of benzene rings is 2. The van der Waals surface area contributed by atoms with Gasteiger partial charge in [0, 0.05) is 28.8 Å². The summed E-state index contributed by atoms with van der Waals surface area (Å²) < 4.78 is 6.77. The molecule has 2 aromatic carbocycles. The van der Waals surface area contributed by atoms with E-state index < -0.39 is 6.09 Å². The second-order valence-corrected chi connectivity index (χ2v) is 5.10. The average molecular weight is 309 g/mol. The molecule has 0 saturated heterocycles. The van der Waals surface area contributed by atoms with E-state index in [1.165, 1.54) is 4.74 Å². The van der Waals surface area contributed by atoms with E-state index in [0.29, 0.717) is 11.4 Å². The minimum Gasteiger partial charge on any atom is -0.464 e. The first-order chi connectivity index (χ1) is 11.2. The predicted molar refractivity (Wildman–Crippen MR) is 89.2 cm³/mol. The van der Waals surface area contributed by atoms with E-state index in [1.54, 1.807) is 19.4 Å². The van der Waals surface area contributed by atoms with Crippen LogP contribution in [0.3, 0.4) is 0 Å². The Labute approximate surface area is 133 Å². The Hall–Kier alpha value is -3.08. The third-order valence-corrected chi connectivity index (χ3v) is 3.37. The number of amides is 1. The second kappa shape index (κ2) is 6.36. The lowest BCUT2D eigenvalue weighted by molar-refractivity contribution is -0.693. The number of nitrogens with zero attached hydrogens (tertiary/aromatic N) is 1. The number of fused-ring (bicyclic) bond motifs is 1. The quantitative estimate of drug-likeness (QED) is 0.332. The van der Waals surface area contributed by atoms with E-state index in [1.807, 2.05) is 55.5 Å². The van der Waals surface area contributed by atoms with Crippen LogP contribution in [-0.4, -0.2) is 17.0 Å². The first kappa shape index (κ1) is 14.8. The molecule has 1 heterocycles. The first-order valence-corrected chi connectivity index (χ1v) is 7.27. The summed E-state index contributed by atoms with van der Waals surface area (Å²) in [6.45, 7) is 3.74. The van der Waals surface area contributed by atoms with Crippen molar-refractivity contribution in [1.29, 1.82) is 0 Å². The molecule has 23 heavy (non-hydrogen) atoms. The molecule has 0 unspecified atom stereocenters. The summed E-state index contributed by atoms with van der Waals surface area (Å²) in [6, 6.07) is 15.0. The Morgan fingerprint density at radius 1 is 1.22 bits per heavy atom. The van der Waals surface area contributed by atoms with Crippen LogP contribution in [0, 0.1) is 6.92 Å². The molecule has 3 aromatic rings. The molecule has 0 bridgehead atoms. The van der Waals surface area contributed by atoms with Crippen LogP contribution in [0.2, 0.25) is 0 Å². The van der Waals surface area contributed by atoms with Crippen molar-refractivity contribution >= 4 is 34.7 Å². The fraction of sp³-hybridized carbons (Fsp3) is 0.111. The zero-order chi connectivity index (χ0) is 16.2. The number of anilines is 1. The molecule has 5 nitrogen and oxygen atoms in total. The van der Waals surface area contributed by atoms with Gasteiger partial charge in [-0.1, -0.05) is 12.1 Å². The molecule has 1 N–H and O–H groups in total. The highest BCUT2D eigenvalue weighted by Crippen LogP contribution is 2.22. The maximum Gasteiger partial charge on any atom is 0.480 e. The summed E-state index contributed by atoms with van der Waals surface area (Å²) >= 11 is 0. The summed E-state index contributed by atoms with van der Waals surface area (Å²) in [4.78, 5) is 17.4. The molecule has 0 aliphatic heterocycles. The molecule has 0 atom stereocenters. The SMILES string of the molecule is CC=[N+](OC(=O)Nc1cccc(C)c1)c1ccc2ccoc2c1. The summed E-state index contributed by atoms with van der Waals surface area (Å²) in [7, 11) is 0. The van der Waals surface area contributed by atoms with Gasteiger partial charge in [-0.3, -0.25) is 5.32 Å². The van der Waals surface area contributed by atoms with Gasteiger partial charge in [0.1, 0.15) is 5.58 Å². The molecule has 0 aliphatic rings. The highest BCUT2D eigenvalue weighted by atomic mass is 16.7. The van der Waals surface area contributed by atoms with Crippen molar-refractivity contribution in [3.63, 3.8) is 0 Å². The van der Waals surface area contributed by atoms with Crippen molar-refractivity contribution in [2.24, 2.45) is 0 Å². The van der Waals surface area contributed by atoms with Gasteiger partial charge in [0.2, 0.25) is 0 Å². The Bertz CT molecular complexity index is 881. The highest BCUT2D eigenvalue weighted by Gasteiger charge is 2.17. The lowest BCUT2D eigenvalue weighted by Crippen LogP contribution is -2.20. The van der Waals surface area contributed by atoms with Crippen LogP contribution in [0.25, 0.3) is 11.0 Å². The largest absolute Gasteiger partial charge is 0.480 e. The molecular weight excluding hydrogens is 292 g/mol. The smallest absolute Gasteiger partial charge is 0.464 e. The lowest BCUT2D eigenvalue weighted by atomic mass is 10.2. The van der Waals surface area contributed by atoms with Crippen molar-refractivity contribution in [2.75, 3.05) is 5.32 Å². The normalized spacial score (nSPS) is 11.5. The molecule has 1 aromatic heterocycles. The standard InChI is InChI=1S/C18H16N2O3/c1-3-20(16-8-7-14-9-10-22-17(14)12-16)23-18(21)19-15-6-4-5-13(2)11-15/h3-12H,1-2H3/p+1. The lowest BCUT2D eigenvalue weighted by Gasteiger charge is -2.04.